The van der Waals surface area contributed by atoms with Gasteiger partial charge < -0.3 is 10.6 Å². The number of rotatable bonds is 3. The summed E-state index contributed by atoms with van der Waals surface area (Å²) in [6.07, 6.45) is 4.39. The molecular formula is C17H17FN4O. The summed E-state index contributed by atoms with van der Waals surface area (Å²) in [6, 6.07) is 6.01. The van der Waals surface area contributed by atoms with E-state index in [9.17, 15) is 9.18 Å². The molecule has 118 valence electrons. The fourth-order valence-electron chi connectivity index (χ4n) is 3.15. The lowest BCUT2D eigenvalue weighted by Crippen LogP contribution is -2.37. The lowest BCUT2D eigenvalue weighted by atomic mass is 10.1. The van der Waals surface area contributed by atoms with Crippen LogP contribution in [0.1, 0.15) is 18.4 Å². The molecule has 0 spiro atoms. The average molecular weight is 312 g/mol. The number of anilines is 1. The Bertz CT molecular complexity index is 752. The maximum atomic E-state index is 13.0. The molecule has 2 heterocycles. The van der Waals surface area contributed by atoms with E-state index in [-0.39, 0.29) is 11.9 Å². The molecular weight excluding hydrogens is 295 g/mol. The van der Waals surface area contributed by atoms with Crippen molar-refractivity contribution in [2.45, 2.75) is 31.8 Å². The lowest BCUT2D eigenvalue weighted by molar-refractivity contribution is -0.118. The molecule has 5 nitrogen and oxygen atoms in total. The van der Waals surface area contributed by atoms with Gasteiger partial charge in [-0.25, -0.2) is 14.4 Å². The van der Waals surface area contributed by atoms with E-state index in [0.29, 0.717) is 23.5 Å². The van der Waals surface area contributed by atoms with Gasteiger partial charge in [0.25, 0.3) is 0 Å². The largest absolute Gasteiger partial charge is 0.325 e. The summed E-state index contributed by atoms with van der Waals surface area (Å²) in [4.78, 5) is 20.3. The first-order valence-electron chi connectivity index (χ1n) is 7.75. The number of halogens is 1. The molecule has 1 saturated heterocycles. The third-order valence-electron chi connectivity index (χ3n) is 4.56. The van der Waals surface area contributed by atoms with Gasteiger partial charge in [0.1, 0.15) is 0 Å². The Balaban J connectivity index is 1.54. The second-order valence-electron chi connectivity index (χ2n) is 6.30. The lowest BCUT2D eigenvalue weighted by Gasteiger charge is -2.14. The zero-order valence-electron chi connectivity index (χ0n) is 12.7. The minimum absolute atomic E-state index is 0.00738. The van der Waals surface area contributed by atoms with E-state index in [0.717, 1.165) is 29.9 Å². The fourth-order valence-corrected chi connectivity index (χ4v) is 3.15. The minimum atomic E-state index is -0.471. The van der Waals surface area contributed by atoms with Gasteiger partial charge in [0.05, 0.1) is 18.4 Å². The predicted molar refractivity (Wildman–Crippen MR) is 84.2 cm³/mol. The van der Waals surface area contributed by atoms with Crippen molar-refractivity contribution in [3.8, 4) is 11.4 Å². The Morgan fingerprint density at radius 3 is 2.78 bits per heavy atom. The van der Waals surface area contributed by atoms with Crippen LogP contribution in [0, 0.1) is 18.7 Å². The number of hydrogen-bond acceptors (Lipinski definition) is 4. The standard InChI is InChI=1S/C17H17FN4O/c1-9-2-3-12(6-13(9)16-19-7-11(18)8-20-16)21-17(23)15-5-10-4-14(10)22-15/h2-3,6-8,10,14-15,22H,4-5H2,1H3,(H,21,23)/t10-,14-,15-/m0/s1. The Kier molecular flexibility index (Phi) is 3.34. The number of nitrogens with zero attached hydrogens (tertiary/aromatic N) is 2. The van der Waals surface area contributed by atoms with Crippen LogP contribution < -0.4 is 10.6 Å². The monoisotopic (exact) mass is 312 g/mol. The number of fused-ring (bicyclic) bond motifs is 1. The molecule has 4 rings (SSSR count). The average Bonchev–Trinajstić information content (AvgIpc) is 3.16. The van der Waals surface area contributed by atoms with E-state index in [1.54, 1.807) is 0 Å². The first kappa shape index (κ1) is 14.3. The number of aromatic nitrogens is 2. The first-order valence-corrected chi connectivity index (χ1v) is 7.75. The van der Waals surface area contributed by atoms with Crippen LogP contribution in [0.5, 0.6) is 0 Å². The van der Waals surface area contributed by atoms with Gasteiger partial charge in [0.2, 0.25) is 5.91 Å². The van der Waals surface area contributed by atoms with E-state index < -0.39 is 5.82 Å². The van der Waals surface area contributed by atoms with Crippen LogP contribution in [0.4, 0.5) is 10.1 Å². The van der Waals surface area contributed by atoms with Crippen LogP contribution in [-0.4, -0.2) is 28.0 Å². The van der Waals surface area contributed by atoms with Crippen LogP contribution in [0.25, 0.3) is 11.4 Å². The molecule has 1 aromatic heterocycles. The molecule has 0 unspecified atom stereocenters. The molecule has 0 radical (unpaired) electrons. The topological polar surface area (TPSA) is 66.9 Å². The van der Waals surface area contributed by atoms with Crippen molar-refractivity contribution in [1.29, 1.82) is 0 Å². The summed E-state index contributed by atoms with van der Waals surface area (Å²) in [5.41, 5.74) is 2.45. The smallest absolute Gasteiger partial charge is 0.241 e. The summed E-state index contributed by atoms with van der Waals surface area (Å²) < 4.78 is 13.0. The molecule has 1 aliphatic carbocycles. The van der Waals surface area contributed by atoms with Crippen molar-refractivity contribution in [3.05, 3.63) is 42.0 Å². The molecule has 1 amide bonds. The predicted octanol–water partition coefficient (Wildman–Crippen LogP) is 2.28. The number of aryl methyl sites for hydroxylation is 1. The number of carbonyl (C=O) groups excluding carboxylic acids is 1. The molecule has 0 bridgehead atoms. The maximum absolute atomic E-state index is 13.0. The van der Waals surface area contributed by atoms with Gasteiger partial charge in [-0.1, -0.05) is 6.07 Å². The van der Waals surface area contributed by atoms with Crippen LogP contribution >= 0.6 is 0 Å². The van der Waals surface area contributed by atoms with E-state index in [4.69, 9.17) is 0 Å². The highest BCUT2D eigenvalue weighted by molar-refractivity contribution is 5.95. The number of amides is 1. The fraction of sp³-hybridized carbons (Fsp3) is 0.353. The number of benzene rings is 1. The van der Waals surface area contributed by atoms with Crippen LogP contribution in [0.15, 0.2) is 30.6 Å². The van der Waals surface area contributed by atoms with E-state index in [2.05, 4.69) is 20.6 Å². The van der Waals surface area contributed by atoms with Crippen molar-refractivity contribution in [1.82, 2.24) is 15.3 Å². The SMILES string of the molecule is Cc1ccc(NC(=O)[C@@H]2C[C@@H]3C[C@@H]3N2)cc1-c1ncc(F)cn1. The molecule has 1 saturated carbocycles. The molecule has 1 aliphatic heterocycles. The Morgan fingerprint density at radius 2 is 2.09 bits per heavy atom. The Labute approximate surface area is 133 Å². The van der Waals surface area contributed by atoms with Gasteiger partial charge in [-0.2, -0.15) is 0 Å². The minimum Gasteiger partial charge on any atom is -0.325 e. The highest BCUT2D eigenvalue weighted by atomic mass is 19.1. The van der Waals surface area contributed by atoms with E-state index in [1.165, 1.54) is 6.42 Å². The normalized spacial score (nSPS) is 25.0. The van der Waals surface area contributed by atoms with Crippen molar-refractivity contribution in [2.75, 3.05) is 5.32 Å². The van der Waals surface area contributed by atoms with Crippen LogP contribution in [0.3, 0.4) is 0 Å². The molecule has 2 aromatic rings. The van der Waals surface area contributed by atoms with Gasteiger partial charge in [0, 0.05) is 17.3 Å². The molecule has 3 atom stereocenters. The third-order valence-corrected chi connectivity index (χ3v) is 4.56. The molecule has 2 N–H and O–H groups in total. The number of piperidine rings is 1. The van der Waals surface area contributed by atoms with Gasteiger partial charge in [-0.3, -0.25) is 4.79 Å². The van der Waals surface area contributed by atoms with Crippen molar-refractivity contribution in [2.24, 2.45) is 5.92 Å². The molecule has 6 heteroatoms. The number of nitrogens with one attached hydrogen (secondary N) is 2. The summed E-state index contributed by atoms with van der Waals surface area (Å²) in [5, 5.41) is 6.28. The Morgan fingerprint density at radius 1 is 1.30 bits per heavy atom. The third kappa shape index (κ3) is 2.82. The van der Waals surface area contributed by atoms with Gasteiger partial charge >= 0.3 is 0 Å². The summed E-state index contributed by atoms with van der Waals surface area (Å²) >= 11 is 0. The molecule has 2 fully saturated rings. The van der Waals surface area contributed by atoms with Gasteiger partial charge in [-0.15, -0.1) is 0 Å². The van der Waals surface area contributed by atoms with Crippen molar-refractivity contribution >= 4 is 11.6 Å². The molecule has 1 aromatic carbocycles. The summed E-state index contributed by atoms with van der Waals surface area (Å²) in [6.45, 7) is 1.93. The van der Waals surface area contributed by atoms with E-state index in [1.807, 2.05) is 25.1 Å². The summed E-state index contributed by atoms with van der Waals surface area (Å²) in [5.74, 6) is 0.640. The van der Waals surface area contributed by atoms with Gasteiger partial charge in [-0.05, 0) is 43.4 Å². The second kappa shape index (κ2) is 5.38. The number of hydrogen-bond donors (Lipinski definition) is 2. The molecule has 23 heavy (non-hydrogen) atoms. The quantitative estimate of drug-likeness (QED) is 0.912. The highest BCUT2D eigenvalue weighted by Crippen LogP contribution is 2.40. The zero-order valence-corrected chi connectivity index (χ0v) is 12.7. The van der Waals surface area contributed by atoms with Crippen molar-refractivity contribution < 1.29 is 9.18 Å². The Hall–Kier alpha value is -2.34. The van der Waals surface area contributed by atoms with Gasteiger partial charge in [0.15, 0.2) is 11.6 Å². The van der Waals surface area contributed by atoms with Crippen molar-refractivity contribution in [3.63, 3.8) is 0 Å². The number of carbonyl (C=O) groups is 1. The van der Waals surface area contributed by atoms with Crippen LogP contribution in [0.2, 0.25) is 0 Å². The zero-order chi connectivity index (χ0) is 16.0. The van der Waals surface area contributed by atoms with E-state index >= 15 is 0 Å². The second-order valence-corrected chi connectivity index (χ2v) is 6.30. The summed E-state index contributed by atoms with van der Waals surface area (Å²) in [7, 11) is 0. The maximum Gasteiger partial charge on any atom is 0.241 e. The first-order chi connectivity index (χ1) is 11.1. The molecule has 2 aliphatic rings. The highest BCUT2D eigenvalue weighted by Gasteiger charge is 2.47. The van der Waals surface area contributed by atoms with Crippen LogP contribution in [-0.2, 0) is 4.79 Å².